The maximum atomic E-state index is 12.5. The zero-order chi connectivity index (χ0) is 19.7. The van der Waals surface area contributed by atoms with Crippen LogP contribution in [0.2, 0.25) is 0 Å². The van der Waals surface area contributed by atoms with Crippen LogP contribution in [0, 0.1) is 6.92 Å². The number of nitrogens with one attached hydrogen (secondary N) is 1. The third-order valence-electron chi connectivity index (χ3n) is 4.79. The average molecular weight is 374 g/mol. The molecule has 1 amide bonds. The molecule has 0 fully saturated rings. The molecule has 6 nitrogen and oxygen atoms in total. The summed E-state index contributed by atoms with van der Waals surface area (Å²) in [5.74, 6) is -0.895. The van der Waals surface area contributed by atoms with Gasteiger partial charge in [0.1, 0.15) is 0 Å². The largest absolute Gasteiger partial charge is 0.454 e. The molecule has 0 unspecified atom stereocenters. The number of carbonyl (C=O) groups excluding carboxylic acids is 3. The summed E-state index contributed by atoms with van der Waals surface area (Å²) in [6.45, 7) is 1.39. The van der Waals surface area contributed by atoms with E-state index in [1.807, 2.05) is 24.3 Å². The van der Waals surface area contributed by atoms with Gasteiger partial charge in [0.25, 0.3) is 0 Å². The zero-order valence-corrected chi connectivity index (χ0v) is 15.3. The van der Waals surface area contributed by atoms with Gasteiger partial charge in [-0.25, -0.2) is 4.79 Å². The van der Waals surface area contributed by atoms with Crippen molar-refractivity contribution in [2.75, 3.05) is 11.9 Å². The number of rotatable bonds is 4. The monoisotopic (exact) mass is 374 g/mol. The second-order valence-corrected chi connectivity index (χ2v) is 6.73. The first kappa shape index (κ1) is 17.9. The number of hydrogen-bond acceptors (Lipinski definition) is 5. The van der Waals surface area contributed by atoms with Crippen LogP contribution in [0.4, 0.5) is 5.69 Å². The molecule has 0 radical (unpaired) electrons. The highest BCUT2D eigenvalue weighted by Crippen LogP contribution is 2.24. The third-order valence-corrected chi connectivity index (χ3v) is 4.79. The number of hydrogen-bond donors (Lipinski definition) is 1. The van der Waals surface area contributed by atoms with E-state index in [1.54, 1.807) is 31.2 Å². The quantitative estimate of drug-likeness (QED) is 0.558. The number of pyridine rings is 1. The van der Waals surface area contributed by atoms with Crippen molar-refractivity contribution in [2.45, 2.75) is 19.8 Å². The number of ether oxygens (including phenoxy) is 1. The van der Waals surface area contributed by atoms with Gasteiger partial charge in [0.15, 0.2) is 12.4 Å². The van der Waals surface area contributed by atoms with Crippen LogP contribution in [0.15, 0.2) is 48.5 Å². The van der Waals surface area contributed by atoms with Crippen LogP contribution in [0.1, 0.15) is 38.4 Å². The molecule has 3 aromatic rings. The van der Waals surface area contributed by atoms with Crippen LogP contribution >= 0.6 is 0 Å². The lowest BCUT2D eigenvalue weighted by molar-refractivity contribution is -0.116. The summed E-state index contributed by atoms with van der Waals surface area (Å²) in [7, 11) is 0. The van der Waals surface area contributed by atoms with Gasteiger partial charge in [-0.2, -0.15) is 0 Å². The van der Waals surface area contributed by atoms with E-state index in [1.165, 1.54) is 0 Å². The molecule has 0 atom stereocenters. The minimum absolute atomic E-state index is 0.0279. The minimum atomic E-state index is -0.575. The van der Waals surface area contributed by atoms with E-state index < -0.39 is 5.97 Å². The standard InChI is InChI=1S/C22H18N2O4/c1-13-17(11-14-4-2-3-5-18(14)23-13)22(27)28-12-20(25)16-6-8-19-15(10-16)7-9-21(26)24-19/h2-6,8,10-11H,7,9,12H2,1H3,(H,24,26). The van der Waals surface area contributed by atoms with Crippen molar-refractivity contribution in [3.05, 3.63) is 70.9 Å². The summed E-state index contributed by atoms with van der Waals surface area (Å²) in [6.07, 6.45) is 0.984. The molecule has 0 saturated heterocycles. The van der Waals surface area contributed by atoms with Gasteiger partial charge in [0, 0.05) is 23.1 Å². The first-order valence-electron chi connectivity index (χ1n) is 9.01. The highest BCUT2D eigenvalue weighted by molar-refractivity contribution is 6.01. The predicted octanol–water partition coefficient (Wildman–Crippen LogP) is 3.47. The maximum absolute atomic E-state index is 12.5. The Labute approximate surface area is 161 Å². The Kier molecular flexibility index (Phi) is 4.61. The van der Waals surface area contributed by atoms with E-state index in [9.17, 15) is 14.4 Å². The molecule has 2 aromatic carbocycles. The molecule has 4 rings (SSSR count). The molecule has 1 aliphatic rings. The molecule has 28 heavy (non-hydrogen) atoms. The summed E-state index contributed by atoms with van der Waals surface area (Å²) in [4.78, 5) is 40.7. The maximum Gasteiger partial charge on any atom is 0.340 e. The van der Waals surface area contributed by atoms with Crippen LogP contribution in [0.25, 0.3) is 10.9 Å². The van der Waals surface area contributed by atoms with Crippen molar-refractivity contribution in [2.24, 2.45) is 0 Å². The summed E-state index contributed by atoms with van der Waals surface area (Å²) in [6, 6.07) is 14.3. The Bertz CT molecular complexity index is 1120. The topological polar surface area (TPSA) is 85.4 Å². The highest BCUT2D eigenvalue weighted by Gasteiger charge is 2.19. The summed E-state index contributed by atoms with van der Waals surface area (Å²) in [5, 5.41) is 3.61. The molecule has 0 saturated carbocycles. The fourth-order valence-corrected chi connectivity index (χ4v) is 3.27. The molecular formula is C22H18N2O4. The normalized spacial score (nSPS) is 13.0. The lowest BCUT2D eigenvalue weighted by Gasteiger charge is -2.17. The van der Waals surface area contributed by atoms with E-state index in [4.69, 9.17) is 4.74 Å². The van der Waals surface area contributed by atoms with Gasteiger partial charge in [0.05, 0.1) is 16.8 Å². The van der Waals surface area contributed by atoms with Gasteiger partial charge in [-0.3, -0.25) is 14.6 Å². The second-order valence-electron chi connectivity index (χ2n) is 6.73. The molecule has 0 aliphatic carbocycles. The molecule has 0 bridgehead atoms. The van der Waals surface area contributed by atoms with E-state index in [0.717, 1.165) is 22.2 Å². The lowest BCUT2D eigenvalue weighted by Crippen LogP contribution is -2.20. The highest BCUT2D eigenvalue weighted by atomic mass is 16.5. The number of anilines is 1. The minimum Gasteiger partial charge on any atom is -0.454 e. The fourth-order valence-electron chi connectivity index (χ4n) is 3.27. The van der Waals surface area contributed by atoms with Crippen molar-refractivity contribution < 1.29 is 19.1 Å². The first-order chi connectivity index (χ1) is 13.5. The number of aromatic nitrogens is 1. The molecule has 1 aromatic heterocycles. The number of aryl methyl sites for hydroxylation is 2. The Morgan fingerprint density at radius 3 is 2.79 bits per heavy atom. The molecule has 6 heteroatoms. The number of esters is 1. The number of nitrogens with zero attached hydrogens (tertiary/aromatic N) is 1. The van der Waals surface area contributed by atoms with Crippen molar-refractivity contribution in [3.63, 3.8) is 0 Å². The van der Waals surface area contributed by atoms with Gasteiger partial charge in [0.2, 0.25) is 5.91 Å². The van der Waals surface area contributed by atoms with Gasteiger partial charge in [-0.05, 0) is 49.2 Å². The van der Waals surface area contributed by atoms with Gasteiger partial charge in [-0.15, -0.1) is 0 Å². The van der Waals surface area contributed by atoms with E-state index >= 15 is 0 Å². The average Bonchev–Trinajstić information content (AvgIpc) is 2.70. The van der Waals surface area contributed by atoms with Crippen molar-refractivity contribution in [3.8, 4) is 0 Å². The Morgan fingerprint density at radius 2 is 1.93 bits per heavy atom. The SMILES string of the molecule is Cc1nc2ccccc2cc1C(=O)OCC(=O)c1ccc2c(c1)CCC(=O)N2. The van der Waals surface area contributed by atoms with E-state index in [0.29, 0.717) is 29.7 Å². The lowest BCUT2D eigenvalue weighted by atomic mass is 9.99. The van der Waals surface area contributed by atoms with Crippen LogP contribution in [-0.2, 0) is 16.0 Å². The number of amides is 1. The van der Waals surface area contributed by atoms with Crippen molar-refractivity contribution >= 4 is 34.3 Å². The van der Waals surface area contributed by atoms with Crippen LogP contribution in [-0.4, -0.2) is 29.3 Å². The smallest absolute Gasteiger partial charge is 0.340 e. The van der Waals surface area contributed by atoms with Gasteiger partial charge >= 0.3 is 5.97 Å². The number of benzene rings is 2. The molecule has 2 heterocycles. The molecule has 0 spiro atoms. The number of Topliss-reactive ketones (excluding diaryl/α,β-unsaturated/α-hetero) is 1. The van der Waals surface area contributed by atoms with Crippen molar-refractivity contribution in [1.29, 1.82) is 0 Å². The van der Waals surface area contributed by atoms with Crippen LogP contribution in [0.5, 0.6) is 0 Å². The third kappa shape index (κ3) is 3.49. The van der Waals surface area contributed by atoms with Crippen LogP contribution in [0.3, 0.4) is 0 Å². The number of carbonyl (C=O) groups is 3. The summed E-state index contributed by atoms with van der Waals surface area (Å²) >= 11 is 0. The Morgan fingerprint density at radius 1 is 1.11 bits per heavy atom. The fraction of sp³-hybridized carbons (Fsp3) is 0.182. The first-order valence-corrected chi connectivity index (χ1v) is 9.01. The number of ketones is 1. The predicted molar refractivity (Wildman–Crippen MR) is 104 cm³/mol. The molecule has 140 valence electrons. The van der Waals surface area contributed by atoms with Crippen molar-refractivity contribution in [1.82, 2.24) is 4.98 Å². The molecule has 1 aliphatic heterocycles. The Balaban J connectivity index is 1.47. The second kappa shape index (κ2) is 7.23. The van der Waals surface area contributed by atoms with Gasteiger partial charge in [-0.1, -0.05) is 18.2 Å². The van der Waals surface area contributed by atoms with E-state index in [2.05, 4.69) is 10.3 Å². The number of para-hydroxylation sites is 1. The molecule has 1 N–H and O–H groups in total. The van der Waals surface area contributed by atoms with E-state index in [-0.39, 0.29) is 18.3 Å². The zero-order valence-electron chi connectivity index (χ0n) is 15.3. The number of fused-ring (bicyclic) bond motifs is 2. The summed E-state index contributed by atoms with van der Waals surface area (Å²) < 4.78 is 5.24. The Hall–Kier alpha value is -3.54. The molecular weight excluding hydrogens is 356 g/mol. The summed E-state index contributed by atoms with van der Waals surface area (Å²) in [5.41, 5.74) is 3.79. The van der Waals surface area contributed by atoms with Gasteiger partial charge < -0.3 is 10.1 Å². The van der Waals surface area contributed by atoms with Crippen LogP contribution < -0.4 is 5.32 Å².